The summed E-state index contributed by atoms with van der Waals surface area (Å²) in [6, 6.07) is 50.4. The predicted octanol–water partition coefficient (Wildman–Crippen LogP) is 10.4. The first-order valence-electron chi connectivity index (χ1n) is 15.0. The Morgan fingerprint density at radius 3 is 2.21 bits per heavy atom. The Balaban J connectivity index is 1.36. The molecule has 0 fully saturated rings. The average Bonchev–Trinajstić information content (AvgIpc) is 3.50. The lowest BCUT2D eigenvalue weighted by Gasteiger charge is -2.21. The van der Waals surface area contributed by atoms with E-state index in [2.05, 4.69) is 140 Å². The van der Waals surface area contributed by atoms with Crippen molar-refractivity contribution in [3.05, 3.63) is 162 Å². The van der Waals surface area contributed by atoms with Gasteiger partial charge < -0.3 is 4.57 Å². The lowest BCUT2D eigenvalue weighted by atomic mass is 9.82. The van der Waals surface area contributed by atoms with Gasteiger partial charge >= 0.3 is 0 Å². The highest BCUT2D eigenvalue weighted by Crippen LogP contribution is 2.53. The summed E-state index contributed by atoms with van der Waals surface area (Å²) < 4.78 is 2.44. The van der Waals surface area contributed by atoms with E-state index in [-0.39, 0.29) is 5.41 Å². The van der Waals surface area contributed by atoms with E-state index in [0.717, 1.165) is 11.3 Å². The van der Waals surface area contributed by atoms with Gasteiger partial charge in [0.1, 0.15) is 0 Å². The molecule has 6 aromatic carbocycles. The van der Waals surface area contributed by atoms with E-state index in [0.29, 0.717) is 6.54 Å². The second-order valence-electron chi connectivity index (χ2n) is 12.0. The van der Waals surface area contributed by atoms with Crippen molar-refractivity contribution in [3.8, 4) is 27.9 Å². The van der Waals surface area contributed by atoms with Gasteiger partial charge in [0.2, 0.25) is 0 Å². The second kappa shape index (κ2) is 9.96. The molecule has 0 aliphatic heterocycles. The van der Waals surface area contributed by atoms with Crippen molar-refractivity contribution in [2.45, 2.75) is 25.8 Å². The van der Waals surface area contributed by atoms with Gasteiger partial charge in [0, 0.05) is 28.1 Å². The van der Waals surface area contributed by atoms with Gasteiger partial charge in [-0.1, -0.05) is 123 Å². The van der Waals surface area contributed by atoms with Crippen molar-refractivity contribution in [2.24, 2.45) is 4.99 Å². The Morgan fingerprint density at radius 1 is 0.628 bits per heavy atom. The lowest BCUT2D eigenvalue weighted by molar-refractivity contribution is 0.661. The van der Waals surface area contributed by atoms with Crippen LogP contribution in [-0.2, 0) is 12.0 Å². The van der Waals surface area contributed by atoms with Crippen LogP contribution in [0.2, 0.25) is 0 Å². The van der Waals surface area contributed by atoms with Crippen molar-refractivity contribution >= 4 is 28.0 Å². The molecule has 0 saturated heterocycles. The van der Waals surface area contributed by atoms with Crippen LogP contribution >= 0.6 is 0 Å². The summed E-state index contributed by atoms with van der Waals surface area (Å²) in [6.45, 7) is 5.35. The summed E-state index contributed by atoms with van der Waals surface area (Å²) in [5.41, 5.74) is 13.8. The number of aromatic nitrogens is 1. The molecule has 1 aromatic heterocycles. The largest absolute Gasteiger partial charge is 0.309 e. The predicted molar refractivity (Wildman–Crippen MR) is 182 cm³/mol. The van der Waals surface area contributed by atoms with Crippen LogP contribution in [0.4, 0.5) is 0 Å². The van der Waals surface area contributed by atoms with Crippen LogP contribution in [0.3, 0.4) is 0 Å². The molecular weight excluding hydrogens is 520 g/mol. The van der Waals surface area contributed by atoms with Crippen molar-refractivity contribution in [1.29, 1.82) is 0 Å². The van der Waals surface area contributed by atoms with E-state index in [4.69, 9.17) is 4.99 Å². The van der Waals surface area contributed by atoms with Gasteiger partial charge in [-0.15, -0.1) is 0 Å². The number of hydrogen-bond donors (Lipinski definition) is 0. The summed E-state index contributed by atoms with van der Waals surface area (Å²) >= 11 is 0. The van der Waals surface area contributed by atoms with E-state index in [9.17, 15) is 0 Å². The van der Waals surface area contributed by atoms with Gasteiger partial charge in [-0.25, -0.2) is 0 Å². The zero-order chi connectivity index (χ0) is 29.0. The Kier molecular flexibility index (Phi) is 5.90. The summed E-state index contributed by atoms with van der Waals surface area (Å²) in [5.74, 6) is 0. The molecule has 2 nitrogen and oxygen atoms in total. The molecule has 8 rings (SSSR count). The Labute approximate surface area is 252 Å². The Hall–Kier alpha value is -5.21. The first kappa shape index (κ1) is 25.5. The van der Waals surface area contributed by atoms with Gasteiger partial charge in [-0.3, -0.25) is 4.99 Å². The summed E-state index contributed by atoms with van der Waals surface area (Å²) in [5, 5.41) is 2.61. The molecule has 43 heavy (non-hydrogen) atoms. The first-order valence-corrected chi connectivity index (χ1v) is 15.0. The molecule has 1 aliphatic carbocycles. The number of aliphatic imine (C=N–C) groups is 1. The number of fused-ring (bicyclic) bond motifs is 7. The number of hydrogen-bond acceptors (Lipinski definition) is 1. The molecule has 206 valence electrons. The molecule has 1 aliphatic rings. The maximum absolute atomic E-state index is 4.76. The molecule has 0 bridgehead atoms. The second-order valence-corrected chi connectivity index (χ2v) is 12.0. The van der Waals surface area contributed by atoms with Crippen LogP contribution in [-0.4, -0.2) is 10.8 Å². The molecule has 7 aromatic rings. The fraction of sp³-hybridized carbons (Fsp3) is 0.0976. The lowest BCUT2D eigenvalue weighted by Crippen LogP contribution is -2.14. The minimum absolute atomic E-state index is 0.0533. The van der Waals surface area contributed by atoms with Crippen LogP contribution in [0.25, 0.3) is 49.7 Å². The van der Waals surface area contributed by atoms with E-state index in [1.165, 1.54) is 60.8 Å². The first-order chi connectivity index (χ1) is 21.1. The van der Waals surface area contributed by atoms with Crippen molar-refractivity contribution in [2.75, 3.05) is 0 Å². The fourth-order valence-electron chi connectivity index (χ4n) is 6.98. The monoisotopic (exact) mass is 552 g/mol. The van der Waals surface area contributed by atoms with Crippen molar-refractivity contribution in [3.63, 3.8) is 0 Å². The Morgan fingerprint density at radius 2 is 1.37 bits per heavy atom. The van der Waals surface area contributed by atoms with Crippen LogP contribution in [0, 0.1) is 0 Å². The van der Waals surface area contributed by atoms with Crippen molar-refractivity contribution in [1.82, 2.24) is 4.57 Å². The summed E-state index contributed by atoms with van der Waals surface area (Å²) in [6.07, 6.45) is 1.96. The third-order valence-corrected chi connectivity index (χ3v) is 9.06. The quantitative estimate of drug-likeness (QED) is 0.189. The van der Waals surface area contributed by atoms with E-state index in [1.807, 2.05) is 24.4 Å². The van der Waals surface area contributed by atoms with Gasteiger partial charge in [-0.2, -0.15) is 0 Å². The van der Waals surface area contributed by atoms with E-state index in [1.54, 1.807) is 0 Å². The molecule has 0 unspecified atom stereocenters. The van der Waals surface area contributed by atoms with E-state index >= 15 is 0 Å². The van der Waals surface area contributed by atoms with Crippen LogP contribution in [0.15, 0.2) is 145 Å². The molecule has 0 atom stereocenters. The third-order valence-electron chi connectivity index (χ3n) is 9.06. The smallest absolute Gasteiger partial charge is 0.0640 e. The molecule has 2 heteroatoms. The van der Waals surface area contributed by atoms with Crippen LogP contribution < -0.4 is 0 Å². The summed E-state index contributed by atoms with van der Waals surface area (Å²) in [7, 11) is 0. The van der Waals surface area contributed by atoms with Gasteiger partial charge in [0.25, 0.3) is 0 Å². The fourth-order valence-corrected chi connectivity index (χ4v) is 6.98. The van der Waals surface area contributed by atoms with Gasteiger partial charge in [-0.05, 0) is 74.8 Å². The summed E-state index contributed by atoms with van der Waals surface area (Å²) in [4.78, 5) is 4.76. The van der Waals surface area contributed by atoms with Crippen LogP contribution in [0.5, 0.6) is 0 Å². The van der Waals surface area contributed by atoms with Gasteiger partial charge in [0.15, 0.2) is 0 Å². The van der Waals surface area contributed by atoms with Crippen LogP contribution in [0.1, 0.15) is 36.1 Å². The number of nitrogens with zero attached hydrogens (tertiary/aromatic N) is 2. The van der Waals surface area contributed by atoms with Crippen molar-refractivity contribution < 1.29 is 0 Å². The molecule has 0 amide bonds. The standard InChI is InChI=1S/C41H32N2/c1-41(2)35-19-10-9-18-33(35)39-36(41)21-23-38-40(39)34-25-31(30-15-7-4-8-16-30)20-22-37(34)43(38)32-17-11-14-29(24-32)27-42-26-28-12-5-3-6-13-28/h3-26H,27H2,1-2H3. The zero-order valence-electron chi connectivity index (χ0n) is 24.5. The minimum atomic E-state index is -0.0533. The Bertz CT molecular complexity index is 2170. The zero-order valence-corrected chi connectivity index (χ0v) is 24.5. The number of benzene rings is 6. The third kappa shape index (κ3) is 4.13. The normalized spacial score (nSPS) is 13.5. The number of rotatable bonds is 5. The molecule has 0 N–H and O–H groups in total. The average molecular weight is 553 g/mol. The van der Waals surface area contributed by atoms with E-state index < -0.39 is 0 Å². The highest BCUT2D eigenvalue weighted by molar-refractivity contribution is 6.18. The SMILES string of the molecule is CC1(C)c2ccccc2-c2c1ccc1c2c2cc(-c3ccccc3)ccc2n1-c1cccc(CN=Cc2ccccc2)c1. The molecular formula is C41H32N2. The molecule has 0 radical (unpaired) electrons. The maximum Gasteiger partial charge on any atom is 0.0640 e. The molecule has 1 heterocycles. The topological polar surface area (TPSA) is 17.3 Å². The minimum Gasteiger partial charge on any atom is -0.309 e. The highest BCUT2D eigenvalue weighted by Gasteiger charge is 2.37. The van der Waals surface area contributed by atoms with Gasteiger partial charge in [0.05, 0.1) is 17.6 Å². The molecule has 0 saturated carbocycles. The maximum atomic E-state index is 4.76. The molecule has 0 spiro atoms. The highest BCUT2D eigenvalue weighted by atomic mass is 15.0.